The number of anilines is 6. The third kappa shape index (κ3) is 5.74. The van der Waals surface area contributed by atoms with Gasteiger partial charge >= 0.3 is 0 Å². The first-order valence-corrected chi connectivity index (χ1v) is 24.5. The van der Waals surface area contributed by atoms with Crippen LogP contribution in [0.4, 0.5) is 34.1 Å². The molecule has 14 rings (SSSR count). The number of nitrogens with zero attached hydrogens (tertiary/aromatic N) is 2. The molecule has 1 unspecified atom stereocenters. The van der Waals surface area contributed by atoms with E-state index in [2.05, 4.69) is 278 Å². The van der Waals surface area contributed by atoms with Crippen molar-refractivity contribution in [1.29, 1.82) is 0 Å². The fraction of sp³-hybridized carbons (Fsp3) is 0.0588. The van der Waals surface area contributed by atoms with Crippen molar-refractivity contribution in [3.63, 3.8) is 0 Å². The highest BCUT2D eigenvalue weighted by Gasteiger charge is 2.53. The van der Waals surface area contributed by atoms with E-state index < -0.39 is 5.41 Å². The summed E-state index contributed by atoms with van der Waals surface area (Å²) in [4.78, 5) is 4.99. The van der Waals surface area contributed by atoms with Crippen molar-refractivity contribution in [3.8, 4) is 44.5 Å². The third-order valence-electron chi connectivity index (χ3n) is 15.6. The summed E-state index contributed by atoms with van der Waals surface area (Å²) < 4.78 is 0. The van der Waals surface area contributed by atoms with Gasteiger partial charge in [0.2, 0.25) is 0 Å². The second-order valence-electron chi connectivity index (χ2n) is 19.6. The van der Waals surface area contributed by atoms with Crippen LogP contribution in [0.2, 0.25) is 0 Å². The summed E-state index contributed by atoms with van der Waals surface area (Å²) in [6, 6.07) is 94.9. The number of fused-ring (bicyclic) bond motifs is 14. The Balaban J connectivity index is 1.02. The fourth-order valence-corrected chi connectivity index (χ4v) is 12.6. The summed E-state index contributed by atoms with van der Waals surface area (Å²) in [5, 5.41) is 2.43. The zero-order chi connectivity index (χ0) is 46.6. The number of para-hydroxylation sites is 2. The molecule has 0 heterocycles. The van der Waals surface area contributed by atoms with Gasteiger partial charge in [0, 0.05) is 39.3 Å². The van der Waals surface area contributed by atoms with Crippen LogP contribution < -0.4 is 9.80 Å². The van der Waals surface area contributed by atoms with Crippen molar-refractivity contribution in [2.75, 3.05) is 9.80 Å². The SMILES string of the molecule is CC1(C)c2ccccc2-c2ccc(N(c3ccccc3)c3cccc4c3-c3ccccc3C43c4ccccc4-c4ccc(N(c5ccc6ccccc6c5)c5ccccc5-c5ccccc5)cc43)cc21. The predicted octanol–water partition coefficient (Wildman–Crippen LogP) is 18.1. The molecular formula is C68H48N2. The van der Waals surface area contributed by atoms with Crippen LogP contribution in [0.1, 0.15) is 47.2 Å². The molecule has 0 aliphatic heterocycles. The predicted molar refractivity (Wildman–Crippen MR) is 293 cm³/mol. The molecule has 0 aromatic heterocycles. The van der Waals surface area contributed by atoms with E-state index in [0.29, 0.717) is 0 Å². The maximum Gasteiger partial charge on any atom is 0.0727 e. The van der Waals surface area contributed by atoms with E-state index in [1.807, 2.05) is 0 Å². The zero-order valence-corrected chi connectivity index (χ0v) is 39.1. The van der Waals surface area contributed by atoms with Crippen LogP contribution in [0, 0.1) is 0 Å². The van der Waals surface area contributed by atoms with E-state index in [1.165, 1.54) is 88.7 Å². The van der Waals surface area contributed by atoms with Crippen molar-refractivity contribution in [3.05, 3.63) is 288 Å². The molecule has 0 saturated heterocycles. The molecule has 0 fully saturated rings. The van der Waals surface area contributed by atoms with Crippen molar-refractivity contribution in [1.82, 2.24) is 0 Å². The Labute approximate surface area is 410 Å². The Kier molecular flexibility index (Phi) is 8.88. The summed E-state index contributed by atoms with van der Waals surface area (Å²) in [6.07, 6.45) is 0. The molecule has 2 heteroatoms. The van der Waals surface area contributed by atoms with Crippen LogP contribution in [0.3, 0.4) is 0 Å². The number of benzene rings is 11. The number of hydrogen-bond acceptors (Lipinski definition) is 2. The van der Waals surface area contributed by atoms with E-state index in [0.717, 1.165) is 34.1 Å². The van der Waals surface area contributed by atoms with Crippen LogP contribution >= 0.6 is 0 Å². The highest BCUT2D eigenvalue weighted by molar-refractivity contribution is 6.02. The minimum absolute atomic E-state index is 0.142. The van der Waals surface area contributed by atoms with Crippen molar-refractivity contribution in [2.45, 2.75) is 24.7 Å². The summed E-state index contributed by atoms with van der Waals surface area (Å²) >= 11 is 0. The highest BCUT2D eigenvalue weighted by Crippen LogP contribution is 2.65. The highest BCUT2D eigenvalue weighted by atomic mass is 15.2. The first-order valence-electron chi connectivity index (χ1n) is 24.5. The second-order valence-corrected chi connectivity index (χ2v) is 19.6. The fourth-order valence-electron chi connectivity index (χ4n) is 12.6. The molecule has 11 aromatic carbocycles. The minimum Gasteiger partial charge on any atom is -0.310 e. The molecule has 330 valence electrons. The van der Waals surface area contributed by atoms with E-state index in [-0.39, 0.29) is 5.41 Å². The summed E-state index contributed by atoms with van der Waals surface area (Å²) in [6.45, 7) is 4.75. The molecule has 0 bridgehead atoms. The maximum absolute atomic E-state index is 2.51. The molecule has 1 atom stereocenters. The monoisotopic (exact) mass is 892 g/mol. The van der Waals surface area contributed by atoms with Gasteiger partial charge in [-0.1, -0.05) is 208 Å². The van der Waals surface area contributed by atoms with Gasteiger partial charge in [-0.05, 0) is 138 Å². The first kappa shape index (κ1) is 40.4. The van der Waals surface area contributed by atoms with Gasteiger partial charge in [0.25, 0.3) is 0 Å². The topological polar surface area (TPSA) is 6.48 Å². The lowest BCUT2D eigenvalue weighted by molar-refractivity contribution is 0.660. The van der Waals surface area contributed by atoms with Gasteiger partial charge in [0.1, 0.15) is 0 Å². The van der Waals surface area contributed by atoms with E-state index in [1.54, 1.807) is 0 Å². The summed E-state index contributed by atoms with van der Waals surface area (Å²) in [5.74, 6) is 0. The van der Waals surface area contributed by atoms with Gasteiger partial charge in [0.15, 0.2) is 0 Å². The van der Waals surface area contributed by atoms with E-state index in [4.69, 9.17) is 0 Å². The molecule has 0 saturated carbocycles. The molecule has 0 amide bonds. The Hall–Kier alpha value is -8.72. The van der Waals surface area contributed by atoms with Crippen LogP contribution in [-0.4, -0.2) is 0 Å². The molecule has 70 heavy (non-hydrogen) atoms. The van der Waals surface area contributed by atoms with E-state index in [9.17, 15) is 0 Å². The lowest BCUT2D eigenvalue weighted by atomic mass is 9.70. The smallest absolute Gasteiger partial charge is 0.0727 e. The summed E-state index contributed by atoms with van der Waals surface area (Å²) in [5.41, 5.74) is 24.1. The molecule has 1 spiro atoms. The molecule has 0 N–H and O–H groups in total. The maximum atomic E-state index is 2.51. The van der Waals surface area contributed by atoms with Crippen molar-refractivity contribution >= 4 is 44.9 Å². The number of rotatable bonds is 7. The molecular weight excluding hydrogens is 845 g/mol. The van der Waals surface area contributed by atoms with Crippen molar-refractivity contribution in [2.24, 2.45) is 0 Å². The largest absolute Gasteiger partial charge is 0.310 e. The Morgan fingerprint density at radius 1 is 0.271 bits per heavy atom. The Morgan fingerprint density at radius 3 is 1.49 bits per heavy atom. The van der Waals surface area contributed by atoms with E-state index >= 15 is 0 Å². The van der Waals surface area contributed by atoms with Gasteiger partial charge in [0.05, 0.1) is 16.8 Å². The van der Waals surface area contributed by atoms with Gasteiger partial charge in [-0.25, -0.2) is 0 Å². The van der Waals surface area contributed by atoms with Gasteiger partial charge in [-0.2, -0.15) is 0 Å². The quantitative estimate of drug-likeness (QED) is 0.157. The molecule has 0 radical (unpaired) electrons. The first-order chi connectivity index (χ1) is 34.5. The molecule has 2 nitrogen and oxygen atoms in total. The molecule has 3 aliphatic rings. The minimum atomic E-state index is -0.595. The lowest BCUT2D eigenvalue weighted by Gasteiger charge is -2.33. The van der Waals surface area contributed by atoms with Crippen molar-refractivity contribution < 1.29 is 0 Å². The standard InChI is InChI=1S/C68H48N2/c1-67(2)58-30-15-11-27-53(58)55-40-38-50(43-62(55)67)69(48-24-7-4-8-25-48)65-35-19-33-61-66(65)57-29-13-17-32-60(57)68(61)59-31-16-12-28-54(59)56-41-39-51(44-63(56)68)70(49-37-36-45-20-9-10-23-47(45)42-49)64-34-18-14-26-52(64)46-21-5-3-6-22-46/h3-44H,1-2H3. The van der Waals surface area contributed by atoms with Gasteiger partial charge in [-0.3, -0.25) is 0 Å². The van der Waals surface area contributed by atoms with Crippen LogP contribution in [0.25, 0.3) is 55.3 Å². The number of hydrogen-bond donors (Lipinski definition) is 0. The molecule has 11 aromatic rings. The average molecular weight is 893 g/mol. The average Bonchev–Trinajstić information content (AvgIpc) is 3.98. The summed E-state index contributed by atoms with van der Waals surface area (Å²) in [7, 11) is 0. The Morgan fingerprint density at radius 2 is 0.743 bits per heavy atom. The van der Waals surface area contributed by atoms with Crippen LogP contribution in [0.5, 0.6) is 0 Å². The van der Waals surface area contributed by atoms with Crippen LogP contribution in [0.15, 0.2) is 255 Å². The van der Waals surface area contributed by atoms with Crippen LogP contribution in [-0.2, 0) is 10.8 Å². The normalized spacial score (nSPS) is 15.2. The lowest BCUT2D eigenvalue weighted by Crippen LogP contribution is -2.26. The zero-order valence-electron chi connectivity index (χ0n) is 39.1. The Bertz CT molecular complexity index is 3890. The van der Waals surface area contributed by atoms with Gasteiger partial charge in [-0.15, -0.1) is 0 Å². The van der Waals surface area contributed by atoms with Gasteiger partial charge < -0.3 is 9.80 Å². The third-order valence-corrected chi connectivity index (χ3v) is 15.6. The second kappa shape index (κ2) is 15.4. The molecule has 3 aliphatic carbocycles.